The third-order valence-corrected chi connectivity index (χ3v) is 4.37. The molecule has 0 saturated heterocycles. The van der Waals surface area contributed by atoms with Crippen LogP contribution < -0.4 is 10.6 Å². The number of aromatic nitrogens is 3. The molecule has 1 heterocycles. The summed E-state index contributed by atoms with van der Waals surface area (Å²) in [6, 6.07) is 6.82. The average Bonchev–Trinajstić information content (AvgIpc) is 2.93. The van der Waals surface area contributed by atoms with Crippen LogP contribution in [0.4, 0.5) is 10.5 Å². The summed E-state index contributed by atoms with van der Waals surface area (Å²) in [4.78, 5) is 11.9. The zero-order chi connectivity index (χ0) is 18.2. The Morgan fingerprint density at radius 2 is 2.16 bits per heavy atom. The second-order valence-electron chi connectivity index (χ2n) is 6.10. The topological polar surface area (TPSA) is 71.8 Å². The van der Waals surface area contributed by atoms with Crippen molar-refractivity contribution in [1.29, 1.82) is 0 Å². The van der Waals surface area contributed by atoms with Crippen LogP contribution in [0.3, 0.4) is 0 Å². The molecule has 0 aliphatic carbocycles. The normalized spacial score (nSPS) is 10.9. The lowest BCUT2D eigenvalue weighted by atomic mass is 10.2. The van der Waals surface area contributed by atoms with Crippen molar-refractivity contribution >= 4 is 35.1 Å². The van der Waals surface area contributed by atoms with Gasteiger partial charge in [-0.3, -0.25) is 0 Å². The van der Waals surface area contributed by atoms with Crippen LogP contribution in [0.1, 0.15) is 26.1 Å². The number of nitrogens with zero attached hydrogens (tertiary/aromatic N) is 3. The van der Waals surface area contributed by atoms with Gasteiger partial charge in [0.2, 0.25) is 0 Å². The van der Waals surface area contributed by atoms with Crippen molar-refractivity contribution in [3.05, 3.63) is 35.1 Å². The molecule has 0 saturated carbocycles. The van der Waals surface area contributed by atoms with E-state index in [0.717, 1.165) is 30.4 Å². The lowest BCUT2D eigenvalue weighted by molar-refractivity contribution is 0.252. The Morgan fingerprint density at radius 1 is 1.36 bits per heavy atom. The summed E-state index contributed by atoms with van der Waals surface area (Å²) in [7, 11) is 0. The van der Waals surface area contributed by atoms with Crippen molar-refractivity contribution in [2.75, 3.05) is 18.1 Å². The SMILES string of the molecule is CSc1nnc(CCCNC(=O)Nc2cccc(Cl)c2)n1CC(C)C. The molecule has 0 spiro atoms. The van der Waals surface area contributed by atoms with Crippen LogP contribution in [-0.4, -0.2) is 33.6 Å². The Labute approximate surface area is 157 Å². The smallest absolute Gasteiger partial charge is 0.319 e. The molecule has 136 valence electrons. The number of rotatable bonds is 8. The number of benzene rings is 1. The van der Waals surface area contributed by atoms with Crippen LogP contribution >= 0.6 is 23.4 Å². The Morgan fingerprint density at radius 3 is 2.84 bits per heavy atom. The first-order valence-electron chi connectivity index (χ1n) is 8.26. The van der Waals surface area contributed by atoms with E-state index in [1.807, 2.05) is 6.26 Å². The van der Waals surface area contributed by atoms with E-state index in [1.165, 1.54) is 0 Å². The van der Waals surface area contributed by atoms with E-state index >= 15 is 0 Å². The monoisotopic (exact) mass is 381 g/mol. The van der Waals surface area contributed by atoms with Crippen LogP contribution in [-0.2, 0) is 13.0 Å². The maximum absolute atomic E-state index is 11.9. The van der Waals surface area contributed by atoms with Crippen LogP contribution in [0, 0.1) is 5.92 Å². The van der Waals surface area contributed by atoms with Crippen molar-refractivity contribution in [3.63, 3.8) is 0 Å². The van der Waals surface area contributed by atoms with Gasteiger partial charge in [-0.2, -0.15) is 0 Å². The molecule has 6 nitrogen and oxygen atoms in total. The Balaban J connectivity index is 1.79. The number of hydrogen-bond acceptors (Lipinski definition) is 4. The number of anilines is 1. The van der Waals surface area contributed by atoms with E-state index < -0.39 is 0 Å². The molecule has 0 bridgehead atoms. The Bertz CT molecular complexity index is 704. The highest BCUT2D eigenvalue weighted by atomic mass is 35.5. The molecule has 2 N–H and O–H groups in total. The highest BCUT2D eigenvalue weighted by Gasteiger charge is 2.12. The van der Waals surface area contributed by atoms with Crippen molar-refractivity contribution in [1.82, 2.24) is 20.1 Å². The number of urea groups is 1. The van der Waals surface area contributed by atoms with Gasteiger partial charge in [-0.05, 0) is 36.8 Å². The summed E-state index contributed by atoms with van der Waals surface area (Å²) in [6.45, 7) is 5.82. The van der Waals surface area contributed by atoms with E-state index in [-0.39, 0.29) is 6.03 Å². The molecule has 2 amide bonds. The molecule has 1 aromatic heterocycles. The maximum Gasteiger partial charge on any atom is 0.319 e. The third-order valence-electron chi connectivity index (χ3n) is 3.47. The van der Waals surface area contributed by atoms with Crippen molar-refractivity contribution in [3.8, 4) is 0 Å². The van der Waals surface area contributed by atoms with Gasteiger partial charge in [0.05, 0.1) is 0 Å². The molecular weight excluding hydrogens is 358 g/mol. The maximum atomic E-state index is 11.9. The predicted octanol–water partition coefficient (Wildman–Crippen LogP) is 4.06. The minimum absolute atomic E-state index is 0.240. The van der Waals surface area contributed by atoms with Crippen molar-refractivity contribution < 1.29 is 4.79 Å². The Hall–Kier alpha value is -1.73. The van der Waals surface area contributed by atoms with E-state index in [2.05, 4.69) is 39.2 Å². The predicted molar refractivity (Wildman–Crippen MR) is 103 cm³/mol. The minimum Gasteiger partial charge on any atom is -0.338 e. The fourth-order valence-electron chi connectivity index (χ4n) is 2.39. The molecule has 0 atom stereocenters. The summed E-state index contributed by atoms with van der Waals surface area (Å²) < 4.78 is 2.17. The molecule has 0 aliphatic rings. The highest BCUT2D eigenvalue weighted by Crippen LogP contribution is 2.17. The quantitative estimate of drug-likeness (QED) is 0.534. The number of carbonyl (C=O) groups excluding carboxylic acids is 1. The van der Waals surface area contributed by atoms with E-state index in [0.29, 0.717) is 23.2 Å². The third kappa shape index (κ3) is 6.25. The van der Waals surface area contributed by atoms with Gasteiger partial charge in [-0.1, -0.05) is 43.3 Å². The number of hydrogen-bond donors (Lipinski definition) is 2. The summed E-state index contributed by atoms with van der Waals surface area (Å²) in [6.07, 6.45) is 3.58. The first-order valence-corrected chi connectivity index (χ1v) is 9.86. The van der Waals surface area contributed by atoms with Crippen molar-refractivity contribution in [2.24, 2.45) is 5.92 Å². The molecule has 0 unspecified atom stereocenters. The second-order valence-corrected chi connectivity index (χ2v) is 7.31. The fraction of sp³-hybridized carbons (Fsp3) is 0.471. The van der Waals surface area contributed by atoms with Crippen LogP contribution in [0.15, 0.2) is 29.4 Å². The lowest BCUT2D eigenvalue weighted by Gasteiger charge is -2.12. The standard InChI is InChI=1S/C17H24ClN5OS/c1-12(2)11-23-15(21-22-17(23)25-3)8-5-9-19-16(24)20-14-7-4-6-13(18)10-14/h4,6-7,10,12H,5,8-9,11H2,1-3H3,(H2,19,20,24). The van der Waals surface area contributed by atoms with Crippen LogP contribution in [0.25, 0.3) is 0 Å². The molecule has 2 rings (SSSR count). The number of thioether (sulfide) groups is 1. The number of halogens is 1. The molecular formula is C17H24ClN5OS. The molecule has 0 aliphatic heterocycles. The van der Waals surface area contributed by atoms with Gasteiger partial charge < -0.3 is 15.2 Å². The number of nitrogens with one attached hydrogen (secondary N) is 2. The lowest BCUT2D eigenvalue weighted by Crippen LogP contribution is -2.29. The van der Waals surface area contributed by atoms with Crippen LogP contribution in [0.2, 0.25) is 5.02 Å². The summed E-state index contributed by atoms with van der Waals surface area (Å²) in [5.41, 5.74) is 0.672. The molecule has 1 aromatic carbocycles. The molecule has 8 heteroatoms. The van der Waals surface area contributed by atoms with E-state index in [4.69, 9.17) is 11.6 Å². The van der Waals surface area contributed by atoms with E-state index in [1.54, 1.807) is 36.0 Å². The largest absolute Gasteiger partial charge is 0.338 e. The molecule has 0 radical (unpaired) electrons. The molecule has 2 aromatic rings. The second kappa shape index (κ2) is 9.68. The van der Waals surface area contributed by atoms with Gasteiger partial charge in [-0.15, -0.1) is 10.2 Å². The van der Waals surface area contributed by atoms with Gasteiger partial charge >= 0.3 is 6.03 Å². The van der Waals surface area contributed by atoms with Gasteiger partial charge in [0, 0.05) is 30.2 Å². The number of carbonyl (C=O) groups is 1. The van der Waals surface area contributed by atoms with Crippen molar-refractivity contribution in [2.45, 2.75) is 38.4 Å². The summed E-state index contributed by atoms with van der Waals surface area (Å²) >= 11 is 7.50. The molecule has 25 heavy (non-hydrogen) atoms. The zero-order valence-electron chi connectivity index (χ0n) is 14.8. The summed E-state index contributed by atoms with van der Waals surface area (Å²) in [5.74, 6) is 1.50. The first-order chi connectivity index (χ1) is 12.0. The van der Waals surface area contributed by atoms with Gasteiger partial charge in [0.1, 0.15) is 5.82 Å². The Kier molecular flexibility index (Phi) is 7.58. The average molecular weight is 382 g/mol. The fourth-order valence-corrected chi connectivity index (χ4v) is 3.11. The van der Waals surface area contributed by atoms with Gasteiger partial charge in [0.25, 0.3) is 0 Å². The molecule has 0 fully saturated rings. The van der Waals surface area contributed by atoms with E-state index in [9.17, 15) is 4.79 Å². The number of amides is 2. The first kappa shape index (κ1) is 19.6. The zero-order valence-corrected chi connectivity index (χ0v) is 16.3. The van der Waals surface area contributed by atoms with Crippen LogP contribution in [0.5, 0.6) is 0 Å². The van der Waals surface area contributed by atoms with Gasteiger partial charge in [0.15, 0.2) is 5.16 Å². The van der Waals surface area contributed by atoms with Gasteiger partial charge in [-0.25, -0.2) is 4.79 Å². The summed E-state index contributed by atoms with van der Waals surface area (Å²) in [5, 5.41) is 15.6. The minimum atomic E-state index is -0.240. The number of aryl methyl sites for hydroxylation is 1. The highest BCUT2D eigenvalue weighted by molar-refractivity contribution is 7.98.